The fraction of sp³-hybridized carbons (Fsp3) is 0.600. The Morgan fingerprint density at radius 3 is 3.07 bits per heavy atom. The topological polar surface area (TPSA) is 41.0 Å². The lowest BCUT2D eigenvalue weighted by atomic mass is 10.2. The largest absolute Gasteiger partial charge is 0.314 e. The van der Waals surface area contributed by atoms with Crippen LogP contribution in [0, 0.1) is 0 Å². The van der Waals surface area contributed by atoms with Crippen LogP contribution < -0.4 is 5.32 Å². The van der Waals surface area contributed by atoms with Gasteiger partial charge in [-0.3, -0.25) is 9.88 Å². The minimum atomic E-state index is 0.517. The number of nitrogens with one attached hydrogen (secondary N) is 1. The fourth-order valence-electron chi connectivity index (χ4n) is 1.77. The summed E-state index contributed by atoms with van der Waals surface area (Å²) in [5, 5.41) is 3.87. The average Bonchev–Trinajstić information content (AvgIpc) is 2.24. The zero-order valence-electron chi connectivity index (χ0n) is 8.78. The van der Waals surface area contributed by atoms with Crippen molar-refractivity contribution in [2.75, 3.05) is 19.6 Å². The third-order valence-electron chi connectivity index (χ3n) is 2.71. The van der Waals surface area contributed by atoms with Crippen molar-refractivity contribution in [3.8, 4) is 0 Å². The fourth-order valence-corrected chi connectivity index (χ4v) is 1.93. The Morgan fingerprint density at radius 1 is 1.53 bits per heavy atom. The van der Waals surface area contributed by atoms with Crippen LogP contribution in [0.25, 0.3) is 0 Å². The van der Waals surface area contributed by atoms with Gasteiger partial charge in [0.05, 0.1) is 5.69 Å². The van der Waals surface area contributed by atoms with Crippen LogP contribution in [0.15, 0.2) is 12.4 Å². The van der Waals surface area contributed by atoms with Gasteiger partial charge >= 0.3 is 0 Å². The van der Waals surface area contributed by atoms with Crippen LogP contribution in [0.3, 0.4) is 0 Å². The molecule has 1 aliphatic rings. The molecular weight excluding hydrogens is 212 g/mol. The van der Waals surface area contributed by atoms with Gasteiger partial charge in [-0.2, -0.15) is 0 Å². The first-order valence-electron chi connectivity index (χ1n) is 5.17. The van der Waals surface area contributed by atoms with Gasteiger partial charge in [0.25, 0.3) is 0 Å². The molecule has 4 nitrogen and oxygen atoms in total. The van der Waals surface area contributed by atoms with Crippen molar-refractivity contribution >= 4 is 11.6 Å². The SMILES string of the molecule is C[C@H]1CNCCN1Cc1nccnc1Cl. The zero-order valence-corrected chi connectivity index (χ0v) is 9.54. The molecule has 0 bridgehead atoms. The predicted molar refractivity (Wildman–Crippen MR) is 59.8 cm³/mol. The van der Waals surface area contributed by atoms with E-state index >= 15 is 0 Å². The first-order valence-corrected chi connectivity index (χ1v) is 5.55. The lowest BCUT2D eigenvalue weighted by Crippen LogP contribution is -2.49. The van der Waals surface area contributed by atoms with E-state index in [1.54, 1.807) is 12.4 Å². The molecule has 5 heteroatoms. The second kappa shape index (κ2) is 4.88. The van der Waals surface area contributed by atoms with Crippen molar-refractivity contribution in [3.05, 3.63) is 23.2 Å². The summed E-state index contributed by atoms with van der Waals surface area (Å²) < 4.78 is 0. The summed E-state index contributed by atoms with van der Waals surface area (Å²) in [6.45, 7) is 6.08. The van der Waals surface area contributed by atoms with E-state index in [1.165, 1.54) is 0 Å². The Morgan fingerprint density at radius 2 is 2.33 bits per heavy atom. The van der Waals surface area contributed by atoms with Crippen molar-refractivity contribution in [1.82, 2.24) is 20.2 Å². The summed E-state index contributed by atoms with van der Waals surface area (Å²) in [6.07, 6.45) is 3.31. The van der Waals surface area contributed by atoms with Gasteiger partial charge in [-0.15, -0.1) is 0 Å². The first kappa shape index (κ1) is 10.8. The normalized spacial score (nSPS) is 22.9. The molecule has 0 unspecified atom stereocenters. The third kappa shape index (κ3) is 2.65. The van der Waals surface area contributed by atoms with Gasteiger partial charge < -0.3 is 5.32 Å². The lowest BCUT2D eigenvalue weighted by molar-refractivity contribution is 0.163. The van der Waals surface area contributed by atoms with Crippen LogP contribution >= 0.6 is 11.6 Å². The molecule has 0 aromatic carbocycles. The van der Waals surface area contributed by atoms with Crippen molar-refractivity contribution in [1.29, 1.82) is 0 Å². The second-order valence-electron chi connectivity index (χ2n) is 3.82. The summed E-state index contributed by atoms with van der Waals surface area (Å²) in [4.78, 5) is 10.6. The number of aromatic nitrogens is 2. The summed E-state index contributed by atoms with van der Waals surface area (Å²) >= 11 is 5.98. The Hall–Kier alpha value is -0.710. The molecule has 0 radical (unpaired) electrons. The van der Waals surface area contributed by atoms with Gasteiger partial charge in [-0.25, -0.2) is 4.98 Å². The molecule has 1 aromatic rings. The van der Waals surface area contributed by atoms with E-state index < -0.39 is 0 Å². The van der Waals surface area contributed by atoms with Crippen LogP contribution in [0.2, 0.25) is 5.15 Å². The van der Waals surface area contributed by atoms with E-state index in [0.717, 1.165) is 31.9 Å². The molecule has 0 aliphatic carbocycles. The molecule has 2 heterocycles. The number of nitrogens with zero attached hydrogens (tertiary/aromatic N) is 3. The molecule has 1 aliphatic heterocycles. The highest BCUT2D eigenvalue weighted by Crippen LogP contribution is 2.13. The minimum Gasteiger partial charge on any atom is -0.314 e. The molecule has 1 atom stereocenters. The Balaban J connectivity index is 2.04. The maximum Gasteiger partial charge on any atom is 0.151 e. The second-order valence-corrected chi connectivity index (χ2v) is 4.18. The van der Waals surface area contributed by atoms with Crippen molar-refractivity contribution < 1.29 is 0 Å². The number of piperazine rings is 1. The maximum absolute atomic E-state index is 5.98. The van der Waals surface area contributed by atoms with Crippen LogP contribution in [0.5, 0.6) is 0 Å². The Kier molecular flexibility index (Phi) is 3.51. The number of hydrogen-bond acceptors (Lipinski definition) is 4. The smallest absolute Gasteiger partial charge is 0.151 e. The summed E-state index contributed by atoms with van der Waals surface area (Å²) in [7, 11) is 0. The summed E-state index contributed by atoms with van der Waals surface area (Å²) in [5.74, 6) is 0. The van der Waals surface area contributed by atoms with E-state index in [4.69, 9.17) is 11.6 Å². The standard InChI is InChI=1S/C10H15ClN4/c1-8-6-12-4-5-15(8)7-9-10(11)14-3-2-13-9/h2-3,8,12H,4-7H2,1H3/t8-/m0/s1. The lowest BCUT2D eigenvalue weighted by Gasteiger charge is -2.33. The molecule has 15 heavy (non-hydrogen) atoms. The highest BCUT2D eigenvalue weighted by molar-refractivity contribution is 6.29. The maximum atomic E-state index is 5.98. The van der Waals surface area contributed by atoms with Gasteiger partial charge in [-0.05, 0) is 6.92 Å². The summed E-state index contributed by atoms with van der Waals surface area (Å²) in [5.41, 5.74) is 0.868. The highest BCUT2D eigenvalue weighted by Gasteiger charge is 2.19. The first-order chi connectivity index (χ1) is 7.27. The minimum absolute atomic E-state index is 0.517. The van der Waals surface area contributed by atoms with Crippen molar-refractivity contribution in [3.63, 3.8) is 0 Å². The predicted octanol–water partition coefficient (Wildman–Crippen LogP) is 0.924. The van der Waals surface area contributed by atoms with E-state index in [9.17, 15) is 0 Å². The molecule has 2 rings (SSSR count). The van der Waals surface area contributed by atoms with Gasteiger partial charge in [0, 0.05) is 44.6 Å². The van der Waals surface area contributed by atoms with Gasteiger partial charge in [0.2, 0.25) is 0 Å². The van der Waals surface area contributed by atoms with Crippen LogP contribution in [0.1, 0.15) is 12.6 Å². The molecule has 1 saturated heterocycles. The number of rotatable bonds is 2. The molecule has 1 aromatic heterocycles. The molecule has 82 valence electrons. The van der Waals surface area contributed by atoms with Crippen LogP contribution in [-0.2, 0) is 6.54 Å². The quantitative estimate of drug-likeness (QED) is 0.815. The van der Waals surface area contributed by atoms with E-state index in [0.29, 0.717) is 11.2 Å². The van der Waals surface area contributed by atoms with E-state index in [-0.39, 0.29) is 0 Å². The molecule has 1 N–H and O–H groups in total. The monoisotopic (exact) mass is 226 g/mol. The van der Waals surface area contributed by atoms with Gasteiger partial charge in [0.15, 0.2) is 5.15 Å². The van der Waals surface area contributed by atoms with Gasteiger partial charge in [0.1, 0.15) is 0 Å². The molecule has 1 fully saturated rings. The molecule has 0 spiro atoms. The molecule has 0 amide bonds. The number of halogens is 1. The van der Waals surface area contributed by atoms with Crippen LogP contribution in [0.4, 0.5) is 0 Å². The zero-order chi connectivity index (χ0) is 10.7. The Labute approximate surface area is 94.7 Å². The van der Waals surface area contributed by atoms with E-state index in [2.05, 4.69) is 27.1 Å². The third-order valence-corrected chi connectivity index (χ3v) is 3.03. The van der Waals surface area contributed by atoms with Crippen LogP contribution in [-0.4, -0.2) is 40.5 Å². The molecule has 0 saturated carbocycles. The van der Waals surface area contributed by atoms with Crippen molar-refractivity contribution in [2.45, 2.75) is 19.5 Å². The highest BCUT2D eigenvalue weighted by atomic mass is 35.5. The Bertz CT molecular complexity index is 331. The molecular formula is C10H15ClN4. The van der Waals surface area contributed by atoms with Crippen molar-refractivity contribution in [2.24, 2.45) is 0 Å². The average molecular weight is 227 g/mol. The summed E-state index contributed by atoms with van der Waals surface area (Å²) in [6, 6.07) is 0.525. The number of hydrogen-bond donors (Lipinski definition) is 1. The van der Waals surface area contributed by atoms with E-state index in [1.807, 2.05) is 0 Å². The van der Waals surface area contributed by atoms with Gasteiger partial charge in [-0.1, -0.05) is 11.6 Å².